The number of nitrogens with one attached hydrogen (secondary N) is 2. The van der Waals surface area contributed by atoms with E-state index in [-0.39, 0.29) is 17.7 Å². The molecule has 0 spiro atoms. The second-order valence-electron chi connectivity index (χ2n) is 3.76. The molecule has 0 unspecified atom stereocenters. The quantitative estimate of drug-likeness (QED) is 0.686. The van der Waals surface area contributed by atoms with Crippen LogP contribution in [0.2, 0.25) is 0 Å². The Bertz CT molecular complexity index is 741. The van der Waals surface area contributed by atoms with Crippen LogP contribution < -0.4 is 10.9 Å². The van der Waals surface area contributed by atoms with Gasteiger partial charge in [0.05, 0.1) is 0 Å². The molecule has 3 N–H and O–H groups in total. The largest absolute Gasteiger partial charge is 0.384 e. The third kappa shape index (κ3) is 3.54. The molecule has 0 aliphatic heterocycles. The molecule has 0 bridgehead atoms. The Morgan fingerprint density at radius 1 is 1.40 bits per heavy atom. The van der Waals surface area contributed by atoms with Crippen LogP contribution in [-0.4, -0.2) is 27.6 Å². The highest BCUT2D eigenvalue weighted by atomic mass is 16.2. The lowest BCUT2D eigenvalue weighted by molar-refractivity contribution is 0.102. The van der Waals surface area contributed by atoms with Gasteiger partial charge >= 0.3 is 0 Å². The molecule has 6 heteroatoms. The highest BCUT2D eigenvalue weighted by Gasteiger charge is 2.07. The van der Waals surface area contributed by atoms with Crippen LogP contribution >= 0.6 is 0 Å². The van der Waals surface area contributed by atoms with Gasteiger partial charge in [-0.3, -0.25) is 9.59 Å². The van der Waals surface area contributed by atoms with Crippen molar-refractivity contribution in [1.29, 1.82) is 0 Å². The minimum atomic E-state index is -0.434. The van der Waals surface area contributed by atoms with Crippen LogP contribution in [0.1, 0.15) is 16.1 Å². The average Bonchev–Trinajstić information content (AvgIpc) is 2.45. The minimum Gasteiger partial charge on any atom is -0.384 e. The van der Waals surface area contributed by atoms with E-state index >= 15 is 0 Å². The first kappa shape index (κ1) is 13.5. The standard InChI is InChI=1S/C14H11N3O3/c18-8-2-4-11-3-1-5-12(16-11)17-14(20)10-6-7-15-13(19)9-10/h1,3,5-7,9,18H,8H2,(H,15,19)(H,16,17,20). The summed E-state index contributed by atoms with van der Waals surface area (Å²) in [5, 5.41) is 11.2. The second kappa shape index (κ2) is 6.31. The Kier molecular flexibility index (Phi) is 4.27. The number of rotatable bonds is 2. The highest BCUT2D eigenvalue weighted by Crippen LogP contribution is 2.06. The lowest BCUT2D eigenvalue weighted by Crippen LogP contribution is -2.16. The third-order valence-corrected chi connectivity index (χ3v) is 2.32. The molecule has 2 rings (SSSR count). The number of H-pyrrole nitrogens is 1. The number of carbonyl (C=O) groups is 1. The van der Waals surface area contributed by atoms with Gasteiger partial charge in [0.2, 0.25) is 5.56 Å². The van der Waals surface area contributed by atoms with E-state index in [2.05, 4.69) is 27.1 Å². The Labute approximate surface area is 114 Å². The van der Waals surface area contributed by atoms with E-state index in [1.165, 1.54) is 18.3 Å². The van der Waals surface area contributed by atoms with Gasteiger partial charge in [0.25, 0.3) is 5.91 Å². The fraction of sp³-hybridized carbons (Fsp3) is 0.0714. The number of aromatic amines is 1. The Morgan fingerprint density at radius 2 is 2.25 bits per heavy atom. The van der Waals surface area contributed by atoms with E-state index in [9.17, 15) is 9.59 Å². The van der Waals surface area contributed by atoms with E-state index in [0.717, 1.165) is 0 Å². The van der Waals surface area contributed by atoms with E-state index < -0.39 is 5.91 Å². The summed E-state index contributed by atoms with van der Waals surface area (Å²) < 4.78 is 0. The second-order valence-corrected chi connectivity index (χ2v) is 3.76. The Morgan fingerprint density at radius 3 is 3.00 bits per heavy atom. The summed E-state index contributed by atoms with van der Waals surface area (Å²) in [6.07, 6.45) is 1.40. The molecule has 2 heterocycles. The van der Waals surface area contributed by atoms with Crippen LogP contribution in [0.15, 0.2) is 41.3 Å². The molecule has 6 nitrogen and oxygen atoms in total. The normalized spacial score (nSPS) is 9.45. The number of aliphatic hydroxyl groups is 1. The van der Waals surface area contributed by atoms with Gasteiger partial charge in [-0.05, 0) is 24.1 Å². The topological polar surface area (TPSA) is 95.1 Å². The van der Waals surface area contributed by atoms with Crippen molar-refractivity contribution >= 4 is 11.7 Å². The van der Waals surface area contributed by atoms with Gasteiger partial charge < -0.3 is 15.4 Å². The molecule has 0 fully saturated rings. The molecule has 100 valence electrons. The van der Waals surface area contributed by atoms with Crippen molar-refractivity contribution in [2.45, 2.75) is 0 Å². The van der Waals surface area contributed by atoms with Crippen molar-refractivity contribution in [3.63, 3.8) is 0 Å². The van der Waals surface area contributed by atoms with Crippen LogP contribution in [0.25, 0.3) is 0 Å². The number of hydrogen-bond donors (Lipinski definition) is 3. The van der Waals surface area contributed by atoms with Crippen LogP contribution in [0, 0.1) is 11.8 Å². The fourth-order valence-corrected chi connectivity index (χ4v) is 1.48. The van der Waals surface area contributed by atoms with Gasteiger partial charge in [-0.2, -0.15) is 0 Å². The van der Waals surface area contributed by atoms with E-state index in [4.69, 9.17) is 5.11 Å². The van der Waals surface area contributed by atoms with Gasteiger partial charge in [-0.15, -0.1) is 0 Å². The van der Waals surface area contributed by atoms with E-state index in [1.54, 1.807) is 18.2 Å². The summed E-state index contributed by atoms with van der Waals surface area (Å²) in [6.45, 7) is -0.259. The molecule has 0 saturated heterocycles. The SMILES string of the molecule is O=C(Nc1cccc(C#CCO)n1)c1cc[nH]c(=O)c1. The molecule has 0 radical (unpaired) electrons. The number of nitrogens with zero attached hydrogens (tertiary/aromatic N) is 1. The maximum absolute atomic E-state index is 11.9. The monoisotopic (exact) mass is 269 g/mol. The molecule has 0 aromatic carbocycles. The molecule has 0 aliphatic rings. The predicted molar refractivity (Wildman–Crippen MR) is 73.2 cm³/mol. The van der Waals surface area contributed by atoms with Crippen molar-refractivity contribution < 1.29 is 9.90 Å². The van der Waals surface area contributed by atoms with E-state index in [0.29, 0.717) is 11.5 Å². The zero-order chi connectivity index (χ0) is 14.4. The van der Waals surface area contributed by atoms with Crippen molar-refractivity contribution in [1.82, 2.24) is 9.97 Å². The fourth-order valence-electron chi connectivity index (χ4n) is 1.48. The molecule has 1 amide bonds. The first-order valence-electron chi connectivity index (χ1n) is 5.76. The first-order chi connectivity index (χ1) is 9.69. The number of aromatic nitrogens is 2. The maximum atomic E-state index is 11.9. The molecule has 2 aromatic heterocycles. The first-order valence-corrected chi connectivity index (χ1v) is 5.76. The third-order valence-electron chi connectivity index (χ3n) is 2.32. The number of aliphatic hydroxyl groups excluding tert-OH is 1. The summed E-state index contributed by atoms with van der Waals surface area (Å²) in [6, 6.07) is 7.64. The van der Waals surface area contributed by atoms with Crippen LogP contribution in [0.3, 0.4) is 0 Å². The van der Waals surface area contributed by atoms with Crippen LogP contribution in [0.5, 0.6) is 0 Å². The number of pyridine rings is 2. The van der Waals surface area contributed by atoms with Crippen molar-refractivity contribution in [3.05, 3.63) is 58.1 Å². The number of carbonyl (C=O) groups excluding carboxylic acids is 1. The highest BCUT2D eigenvalue weighted by molar-refractivity contribution is 6.03. The van der Waals surface area contributed by atoms with Crippen LogP contribution in [-0.2, 0) is 0 Å². The van der Waals surface area contributed by atoms with Crippen molar-refractivity contribution in [2.75, 3.05) is 11.9 Å². The van der Waals surface area contributed by atoms with Gasteiger partial charge in [-0.25, -0.2) is 4.98 Å². The minimum absolute atomic E-state index is 0.238. The van der Waals surface area contributed by atoms with Gasteiger partial charge in [0, 0.05) is 17.8 Å². The summed E-state index contributed by atoms with van der Waals surface area (Å²) >= 11 is 0. The maximum Gasteiger partial charge on any atom is 0.257 e. The Balaban J connectivity index is 2.17. The number of hydrogen-bond acceptors (Lipinski definition) is 4. The van der Waals surface area contributed by atoms with E-state index in [1.807, 2.05) is 0 Å². The zero-order valence-corrected chi connectivity index (χ0v) is 10.4. The summed E-state index contributed by atoms with van der Waals surface area (Å²) in [5.41, 5.74) is 0.318. The molecule has 2 aromatic rings. The zero-order valence-electron chi connectivity index (χ0n) is 10.4. The predicted octanol–water partition coefficient (Wildman–Crippen LogP) is 0.366. The molecular weight excluding hydrogens is 258 g/mol. The van der Waals surface area contributed by atoms with Crippen molar-refractivity contribution in [3.8, 4) is 11.8 Å². The van der Waals surface area contributed by atoms with Gasteiger partial charge in [-0.1, -0.05) is 12.0 Å². The number of anilines is 1. The lowest BCUT2D eigenvalue weighted by atomic mass is 10.2. The van der Waals surface area contributed by atoms with Gasteiger partial charge in [0.1, 0.15) is 18.1 Å². The van der Waals surface area contributed by atoms with Gasteiger partial charge in [0.15, 0.2) is 0 Å². The molecular formula is C14H11N3O3. The summed E-state index contributed by atoms with van der Waals surface area (Å²) in [5.74, 6) is 4.99. The number of amides is 1. The lowest BCUT2D eigenvalue weighted by Gasteiger charge is -2.04. The smallest absolute Gasteiger partial charge is 0.257 e. The molecule has 0 aliphatic carbocycles. The van der Waals surface area contributed by atoms with Crippen LogP contribution in [0.4, 0.5) is 5.82 Å². The van der Waals surface area contributed by atoms with Crippen molar-refractivity contribution in [2.24, 2.45) is 0 Å². The average molecular weight is 269 g/mol. The molecule has 0 saturated carbocycles. The Hall–Kier alpha value is -2.91. The molecule has 20 heavy (non-hydrogen) atoms. The molecule has 0 atom stereocenters. The summed E-state index contributed by atoms with van der Waals surface area (Å²) in [4.78, 5) is 29.6. The summed E-state index contributed by atoms with van der Waals surface area (Å²) in [7, 11) is 0.